The molecule has 1 fully saturated rings. The summed E-state index contributed by atoms with van der Waals surface area (Å²) in [6.07, 6.45) is 2.61. The van der Waals surface area contributed by atoms with Crippen LogP contribution in [-0.4, -0.2) is 29.4 Å². The molecule has 1 saturated heterocycles. The summed E-state index contributed by atoms with van der Waals surface area (Å²) >= 11 is 0. The van der Waals surface area contributed by atoms with E-state index in [1.807, 2.05) is 12.1 Å². The lowest BCUT2D eigenvalue weighted by Crippen LogP contribution is -2.45. The van der Waals surface area contributed by atoms with Gasteiger partial charge in [0.15, 0.2) is 0 Å². The summed E-state index contributed by atoms with van der Waals surface area (Å²) in [6, 6.07) is 8.01. The van der Waals surface area contributed by atoms with Crippen LogP contribution < -0.4 is 11.1 Å². The molecule has 0 aliphatic carbocycles. The van der Waals surface area contributed by atoms with Crippen LogP contribution in [0.4, 0.5) is 5.69 Å². The SMILES string of the molecule is CC(C)(N)C(=O)Nc1ccc(CN2CCCC2)cc1. The van der Waals surface area contributed by atoms with E-state index in [1.165, 1.54) is 31.5 Å². The number of hydrogen-bond acceptors (Lipinski definition) is 3. The Bertz CT molecular complexity index is 428. The fourth-order valence-corrected chi connectivity index (χ4v) is 2.18. The number of carbonyl (C=O) groups excluding carboxylic acids is 1. The molecule has 0 aromatic heterocycles. The van der Waals surface area contributed by atoms with E-state index >= 15 is 0 Å². The van der Waals surface area contributed by atoms with Crippen molar-refractivity contribution >= 4 is 11.6 Å². The first-order valence-corrected chi connectivity index (χ1v) is 6.87. The minimum Gasteiger partial charge on any atom is -0.325 e. The van der Waals surface area contributed by atoms with Crippen LogP contribution in [-0.2, 0) is 11.3 Å². The molecule has 19 heavy (non-hydrogen) atoms. The van der Waals surface area contributed by atoms with E-state index in [9.17, 15) is 4.79 Å². The number of nitrogens with one attached hydrogen (secondary N) is 1. The van der Waals surface area contributed by atoms with Crippen LogP contribution in [0.2, 0.25) is 0 Å². The minimum absolute atomic E-state index is 0.167. The molecule has 1 aromatic carbocycles. The topological polar surface area (TPSA) is 58.4 Å². The Balaban J connectivity index is 1.92. The largest absolute Gasteiger partial charge is 0.325 e. The van der Waals surface area contributed by atoms with Crippen molar-refractivity contribution in [2.24, 2.45) is 5.73 Å². The highest BCUT2D eigenvalue weighted by Gasteiger charge is 2.21. The van der Waals surface area contributed by atoms with Gasteiger partial charge in [0.1, 0.15) is 0 Å². The van der Waals surface area contributed by atoms with E-state index in [0.29, 0.717) is 0 Å². The molecular formula is C15H23N3O. The maximum absolute atomic E-state index is 11.8. The van der Waals surface area contributed by atoms with Crippen LogP contribution in [0.3, 0.4) is 0 Å². The van der Waals surface area contributed by atoms with E-state index in [0.717, 1.165) is 12.2 Å². The van der Waals surface area contributed by atoms with E-state index < -0.39 is 5.54 Å². The molecule has 0 atom stereocenters. The second-order valence-electron chi connectivity index (χ2n) is 5.86. The number of amides is 1. The zero-order valence-electron chi connectivity index (χ0n) is 11.8. The Labute approximate surface area is 115 Å². The van der Waals surface area contributed by atoms with Crippen molar-refractivity contribution in [3.63, 3.8) is 0 Å². The number of anilines is 1. The number of nitrogens with zero attached hydrogens (tertiary/aromatic N) is 1. The highest BCUT2D eigenvalue weighted by Crippen LogP contribution is 2.15. The number of hydrogen-bond donors (Lipinski definition) is 2. The summed E-state index contributed by atoms with van der Waals surface area (Å²) in [4.78, 5) is 14.2. The molecule has 1 heterocycles. The van der Waals surface area contributed by atoms with Gasteiger partial charge in [-0.05, 0) is 57.5 Å². The molecule has 1 aliphatic rings. The monoisotopic (exact) mass is 261 g/mol. The number of nitrogens with two attached hydrogens (primary N) is 1. The molecule has 0 unspecified atom stereocenters. The molecule has 4 nitrogen and oxygen atoms in total. The van der Waals surface area contributed by atoms with Gasteiger partial charge in [-0.3, -0.25) is 9.69 Å². The van der Waals surface area contributed by atoms with E-state index in [-0.39, 0.29) is 5.91 Å². The standard InChI is InChI=1S/C15H23N3O/c1-15(2,16)14(19)17-13-7-5-12(6-8-13)11-18-9-3-4-10-18/h5-8H,3-4,9-11,16H2,1-2H3,(H,17,19). The van der Waals surface area contributed by atoms with Gasteiger partial charge in [-0.25, -0.2) is 0 Å². The molecule has 0 radical (unpaired) electrons. The number of benzene rings is 1. The van der Waals surface area contributed by atoms with Gasteiger partial charge in [-0.15, -0.1) is 0 Å². The zero-order chi connectivity index (χ0) is 13.9. The van der Waals surface area contributed by atoms with Gasteiger partial charge in [0.25, 0.3) is 0 Å². The molecule has 1 aromatic rings. The molecular weight excluding hydrogens is 238 g/mol. The maximum Gasteiger partial charge on any atom is 0.243 e. The quantitative estimate of drug-likeness (QED) is 0.871. The van der Waals surface area contributed by atoms with Crippen molar-refractivity contribution in [1.82, 2.24) is 4.90 Å². The Kier molecular flexibility index (Phi) is 4.22. The Morgan fingerprint density at radius 2 is 1.84 bits per heavy atom. The van der Waals surface area contributed by atoms with Crippen molar-refractivity contribution in [3.8, 4) is 0 Å². The lowest BCUT2D eigenvalue weighted by Gasteiger charge is -2.18. The fraction of sp³-hybridized carbons (Fsp3) is 0.533. The minimum atomic E-state index is -0.853. The Hall–Kier alpha value is -1.39. The van der Waals surface area contributed by atoms with Crippen molar-refractivity contribution in [1.29, 1.82) is 0 Å². The van der Waals surface area contributed by atoms with Gasteiger partial charge >= 0.3 is 0 Å². The third kappa shape index (κ3) is 4.04. The number of carbonyl (C=O) groups is 1. The molecule has 0 saturated carbocycles. The molecule has 1 aliphatic heterocycles. The molecule has 0 spiro atoms. The Morgan fingerprint density at radius 3 is 2.37 bits per heavy atom. The molecule has 4 heteroatoms. The number of rotatable bonds is 4. The second-order valence-corrected chi connectivity index (χ2v) is 5.86. The highest BCUT2D eigenvalue weighted by atomic mass is 16.2. The summed E-state index contributed by atoms with van der Waals surface area (Å²) in [6.45, 7) is 6.78. The molecule has 2 rings (SSSR count). The summed E-state index contributed by atoms with van der Waals surface area (Å²) in [7, 11) is 0. The lowest BCUT2D eigenvalue weighted by molar-refractivity contribution is -0.120. The van der Waals surface area contributed by atoms with Crippen molar-refractivity contribution in [2.45, 2.75) is 38.8 Å². The van der Waals surface area contributed by atoms with Crippen LogP contribution in [0.5, 0.6) is 0 Å². The summed E-state index contributed by atoms with van der Waals surface area (Å²) in [5, 5.41) is 2.83. The molecule has 104 valence electrons. The predicted molar refractivity (Wildman–Crippen MR) is 77.8 cm³/mol. The summed E-state index contributed by atoms with van der Waals surface area (Å²) < 4.78 is 0. The van der Waals surface area contributed by atoms with Crippen LogP contribution in [0.15, 0.2) is 24.3 Å². The second kappa shape index (κ2) is 5.72. The average molecular weight is 261 g/mol. The molecule has 0 bridgehead atoms. The van der Waals surface area contributed by atoms with E-state index in [4.69, 9.17) is 5.73 Å². The van der Waals surface area contributed by atoms with Gasteiger partial charge in [0.2, 0.25) is 5.91 Å². The summed E-state index contributed by atoms with van der Waals surface area (Å²) in [5.41, 5.74) is 6.98. The maximum atomic E-state index is 11.8. The molecule has 3 N–H and O–H groups in total. The zero-order valence-corrected chi connectivity index (χ0v) is 11.8. The van der Waals surface area contributed by atoms with Gasteiger partial charge in [-0.1, -0.05) is 12.1 Å². The smallest absolute Gasteiger partial charge is 0.243 e. The van der Waals surface area contributed by atoms with Gasteiger partial charge in [0.05, 0.1) is 5.54 Å². The highest BCUT2D eigenvalue weighted by molar-refractivity contribution is 5.97. The third-order valence-corrected chi connectivity index (χ3v) is 3.40. The number of likely N-dealkylation sites (tertiary alicyclic amines) is 1. The lowest BCUT2D eigenvalue weighted by atomic mass is 10.1. The van der Waals surface area contributed by atoms with E-state index in [1.54, 1.807) is 13.8 Å². The van der Waals surface area contributed by atoms with Crippen LogP contribution in [0.25, 0.3) is 0 Å². The Morgan fingerprint density at radius 1 is 1.26 bits per heavy atom. The normalized spacial score (nSPS) is 16.6. The van der Waals surface area contributed by atoms with Crippen molar-refractivity contribution in [3.05, 3.63) is 29.8 Å². The van der Waals surface area contributed by atoms with Gasteiger partial charge < -0.3 is 11.1 Å². The van der Waals surface area contributed by atoms with Crippen LogP contribution in [0, 0.1) is 0 Å². The predicted octanol–water partition coefficient (Wildman–Crippen LogP) is 1.96. The van der Waals surface area contributed by atoms with Crippen LogP contribution >= 0.6 is 0 Å². The first kappa shape index (κ1) is 14.0. The first-order chi connectivity index (χ1) is 8.95. The summed E-state index contributed by atoms with van der Waals surface area (Å²) in [5.74, 6) is -0.167. The fourth-order valence-electron chi connectivity index (χ4n) is 2.18. The van der Waals surface area contributed by atoms with Gasteiger partial charge in [0, 0.05) is 12.2 Å². The van der Waals surface area contributed by atoms with E-state index in [2.05, 4.69) is 22.3 Å². The first-order valence-electron chi connectivity index (χ1n) is 6.87. The van der Waals surface area contributed by atoms with Crippen molar-refractivity contribution < 1.29 is 4.79 Å². The van der Waals surface area contributed by atoms with Crippen molar-refractivity contribution in [2.75, 3.05) is 18.4 Å². The van der Waals surface area contributed by atoms with Gasteiger partial charge in [-0.2, -0.15) is 0 Å². The third-order valence-electron chi connectivity index (χ3n) is 3.40. The molecule has 1 amide bonds. The average Bonchev–Trinajstić information content (AvgIpc) is 2.83. The van der Waals surface area contributed by atoms with Crippen LogP contribution in [0.1, 0.15) is 32.3 Å².